The summed E-state index contributed by atoms with van der Waals surface area (Å²) in [5.74, 6) is -0.328. The van der Waals surface area contributed by atoms with Crippen LogP contribution in [0.3, 0.4) is 0 Å². The number of nitrogens with one attached hydrogen (secondary N) is 1. The SMILES string of the molecule is O=C(CN1C(=O)S/C(=C\c2cc(Br)c(OCc3cccc4ccccc34)c(Br)c2)C1=O)Nc1ccccc1. The van der Waals surface area contributed by atoms with Crippen LogP contribution in [0.15, 0.2) is 98.8 Å². The van der Waals surface area contributed by atoms with E-state index < -0.39 is 17.1 Å². The third-order valence-corrected chi connectivity index (χ3v) is 7.89. The quantitative estimate of drug-likeness (QED) is 0.208. The molecule has 1 aliphatic heterocycles. The molecular formula is C29H20Br2N2O4S. The minimum absolute atomic E-state index is 0.241. The first-order valence-electron chi connectivity index (χ1n) is 11.6. The van der Waals surface area contributed by atoms with Gasteiger partial charge in [0, 0.05) is 5.69 Å². The molecule has 3 amide bonds. The van der Waals surface area contributed by atoms with Crippen molar-refractivity contribution >= 4 is 83.2 Å². The first-order chi connectivity index (χ1) is 18.4. The van der Waals surface area contributed by atoms with Gasteiger partial charge in [-0.15, -0.1) is 0 Å². The number of para-hydroxylation sites is 1. The van der Waals surface area contributed by atoms with Gasteiger partial charge in [-0.2, -0.15) is 0 Å². The Morgan fingerprint density at radius 2 is 1.61 bits per heavy atom. The lowest BCUT2D eigenvalue weighted by Crippen LogP contribution is -2.36. The molecule has 1 saturated heterocycles. The maximum absolute atomic E-state index is 12.9. The van der Waals surface area contributed by atoms with Crippen molar-refractivity contribution in [3.8, 4) is 5.75 Å². The smallest absolute Gasteiger partial charge is 0.294 e. The van der Waals surface area contributed by atoms with Crippen molar-refractivity contribution in [2.75, 3.05) is 11.9 Å². The molecule has 1 aliphatic rings. The average molecular weight is 652 g/mol. The maximum Gasteiger partial charge on any atom is 0.294 e. The van der Waals surface area contributed by atoms with Crippen LogP contribution in [0.1, 0.15) is 11.1 Å². The Morgan fingerprint density at radius 3 is 2.37 bits per heavy atom. The molecule has 0 unspecified atom stereocenters. The number of benzene rings is 4. The topological polar surface area (TPSA) is 75.7 Å². The molecule has 1 N–H and O–H groups in total. The lowest BCUT2D eigenvalue weighted by molar-refractivity contribution is -0.127. The van der Waals surface area contributed by atoms with Crippen molar-refractivity contribution in [1.29, 1.82) is 0 Å². The highest BCUT2D eigenvalue weighted by atomic mass is 79.9. The number of hydrogen-bond acceptors (Lipinski definition) is 5. The minimum atomic E-state index is -0.508. The molecule has 0 bridgehead atoms. The van der Waals surface area contributed by atoms with Gasteiger partial charge in [-0.25, -0.2) is 0 Å². The summed E-state index contributed by atoms with van der Waals surface area (Å²) in [6.45, 7) is 0.0209. The molecule has 0 aliphatic carbocycles. The van der Waals surface area contributed by atoms with Gasteiger partial charge in [0.15, 0.2) is 0 Å². The van der Waals surface area contributed by atoms with E-state index in [1.807, 2.05) is 42.5 Å². The van der Waals surface area contributed by atoms with Gasteiger partial charge >= 0.3 is 0 Å². The van der Waals surface area contributed by atoms with Crippen molar-refractivity contribution < 1.29 is 19.1 Å². The number of nitrogens with zero attached hydrogens (tertiary/aromatic N) is 1. The molecule has 9 heteroatoms. The number of imide groups is 1. The molecule has 0 spiro atoms. The normalized spacial score (nSPS) is 14.4. The van der Waals surface area contributed by atoms with E-state index in [1.165, 1.54) is 0 Å². The number of carbonyl (C=O) groups is 3. The Labute approximate surface area is 240 Å². The average Bonchev–Trinajstić information content (AvgIpc) is 3.16. The molecule has 5 rings (SSSR count). The van der Waals surface area contributed by atoms with Gasteiger partial charge in [0.05, 0.1) is 13.9 Å². The Bertz CT molecular complexity index is 1560. The van der Waals surface area contributed by atoms with E-state index in [0.29, 0.717) is 32.6 Å². The fraction of sp³-hybridized carbons (Fsp3) is 0.0690. The zero-order valence-electron chi connectivity index (χ0n) is 19.8. The third kappa shape index (κ3) is 5.85. The van der Waals surface area contributed by atoms with Crippen LogP contribution in [0.25, 0.3) is 16.8 Å². The molecule has 190 valence electrons. The summed E-state index contributed by atoms with van der Waals surface area (Å²) in [6, 6.07) is 26.8. The van der Waals surface area contributed by atoms with E-state index in [1.54, 1.807) is 30.3 Å². The molecule has 6 nitrogen and oxygen atoms in total. The highest BCUT2D eigenvalue weighted by Crippen LogP contribution is 2.38. The summed E-state index contributed by atoms with van der Waals surface area (Å²) in [5.41, 5.74) is 2.36. The zero-order chi connectivity index (χ0) is 26.6. The Kier molecular flexibility index (Phi) is 7.97. The van der Waals surface area contributed by atoms with E-state index in [2.05, 4.69) is 55.4 Å². The summed E-state index contributed by atoms with van der Waals surface area (Å²) in [4.78, 5) is 38.9. The number of ether oxygens (including phenoxy) is 1. The highest BCUT2D eigenvalue weighted by Gasteiger charge is 2.36. The van der Waals surface area contributed by atoms with Crippen molar-refractivity contribution in [3.05, 3.63) is 110 Å². The number of fused-ring (bicyclic) bond motifs is 1. The van der Waals surface area contributed by atoms with Crippen LogP contribution in [0, 0.1) is 0 Å². The van der Waals surface area contributed by atoms with Crippen molar-refractivity contribution in [2.24, 2.45) is 0 Å². The Morgan fingerprint density at radius 1 is 0.921 bits per heavy atom. The second kappa shape index (κ2) is 11.6. The van der Waals surface area contributed by atoms with Gasteiger partial charge in [-0.05, 0) is 95.9 Å². The summed E-state index contributed by atoms with van der Waals surface area (Å²) in [6.07, 6.45) is 1.63. The molecule has 0 saturated carbocycles. The van der Waals surface area contributed by atoms with Gasteiger partial charge in [-0.1, -0.05) is 60.7 Å². The molecule has 4 aromatic carbocycles. The van der Waals surface area contributed by atoms with Gasteiger partial charge in [0.1, 0.15) is 18.9 Å². The number of rotatable bonds is 7. The van der Waals surface area contributed by atoms with Crippen molar-refractivity contribution in [1.82, 2.24) is 4.90 Å². The van der Waals surface area contributed by atoms with Gasteiger partial charge in [0.25, 0.3) is 11.1 Å². The largest absolute Gasteiger partial charge is 0.487 e. The van der Waals surface area contributed by atoms with Crippen LogP contribution in [-0.4, -0.2) is 28.5 Å². The molecule has 1 fully saturated rings. The monoisotopic (exact) mass is 650 g/mol. The molecule has 0 atom stereocenters. The van der Waals surface area contributed by atoms with Crippen LogP contribution >= 0.6 is 43.6 Å². The maximum atomic E-state index is 12.9. The number of carbonyl (C=O) groups excluding carboxylic acids is 3. The van der Waals surface area contributed by atoms with E-state index in [-0.39, 0.29) is 11.4 Å². The van der Waals surface area contributed by atoms with Gasteiger partial charge < -0.3 is 10.1 Å². The fourth-order valence-electron chi connectivity index (χ4n) is 4.02. The number of amides is 3. The van der Waals surface area contributed by atoms with E-state index in [9.17, 15) is 14.4 Å². The van der Waals surface area contributed by atoms with Crippen LogP contribution < -0.4 is 10.1 Å². The molecule has 38 heavy (non-hydrogen) atoms. The first kappa shape index (κ1) is 26.2. The van der Waals surface area contributed by atoms with E-state index >= 15 is 0 Å². The lowest BCUT2D eigenvalue weighted by Gasteiger charge is -2.13. The molecular weight excluding hydrogens is 632 g/mol. The van der Waals surface area contributed by atoms with Crippen LogP contribution in [0.4, 0.5) is 10.5 Å². The summed E-state index contributed by atoms with van der Waals surface area (Å²) >= 11 is 7.94. The van der Waals surface area contributed by atoms with Gasteiger partial charge in [0.2, 0.25) is 5.91 Å². The number of thioether (sulfide) groups is 1. The second-order valence-corrected chi connectivity index (χ2v) is 11.1. The number of anilines is 1. The standard InChI is InChI=1S/C29H20Br2N2O4S/c30-23-13-18(14-24(31)27(23)37-17-20-9-6-8-19-7-4-5-12-22(19)20)15-25-28(35)33(29(36)38-25)16-26(34)32-21-10-2-1-3-11-21/h1-15H,16-17H2,(H,32,34)/b25-15-. The van der Waals surface area contributed by atoms with E-state index in [0.717, 1.165) is 33.0 Å². The second-order valence-electron chi connectivity index (χ2n) is 8.42. The van der Waals surface area contributed by atoms with Gasteiger partial charge in [-0.3, -0.25) is 19.3 Å². The van der Waals surface area contributed by atoms with E-state index in [4.69, 9.17) is 4.74 Å². The third-order valence-electron chi connectivity index (χ3n) is 5.80. The minimum Gasteiger partial charge on any atom is -0.487 e. The van der Waals surface area contributed by atoms with Crippen molar-refractivity contribution in [3.63, 3.8) is 0 Å². The molecule has 0 radical (unpaired) electrons. The van der Waals surface area contributed by atoms with Crippen LogP contribution in [-0.2, 0) is 16.2 Å². The summed E-state index contributed by atoms with van der Waals surface area (Å²) < 4.78 is 7.53. The molecule has 1 heterocycles. The van der Waals surface area contributed by atoms with Crippen molar-refractivity contribution in [2.45, 2.75) is 6.61 Å². The predicted octanol–water partition coefficient (Wildman–Crippen LogP) is 7.62. The predicted molar refractivity (Wildman–Crippen MR) is 158 cm³/mol. The number of halogens is 2. The zero-order valence-corrected chi connectivity index (χ0v) is 23.8. The highest BCUT2D eigenvalue weighted by molar-refractivity contribution is 9.11. The Balaban J connectivity index is 1.28. The van der Waals surface area contributed by atoms with Crippen LogP contribution in [0.2, 0.25) is 0 Å². The summed E-state index contributed by atoms with van der Waals surface area (Å²) in [5, 5.41) is 4.48. The Hall–Kier alpha value is -3.40. The summed E-state index contributed by atoms with van der Waals surface area (Å²) in [7, 11) is 0. The first-order valence-corrected chi connectivity index (χ1v) is 14.0. The number of hydrogen-bond donors (Lipinski definition) is 1. The fourth-order valence-corrected chi connectivity index (χ4v) is 6.31. The lowest BCUT2D eigenvalue weighted by atomic mass is 10.1. The van der Waals surface area contributed by atoms with Crippen LogP contribution in [0.5, 0.6) is 5.75 Å². The molecule has 4 aromatic rings. The molecule has 0 aromatic heterocycles.